The molecule has 0 aromatic rings. The maximum absolute atomic E-state index is 13.3. The Morgan fingerprint density at radius 2 is 1.83 bits per heavy atom. The fourth-order valence-electron chi connectivity index (χ4n) is 4.58. The number of amides is 6. The second kappa shape index (κ2) is 13.8. The molecule has 35 heavy (non-hydrogen) atoms. The number of imide groups is 1. The van der Waals surface area contributed by atoms with Crippen molar-refractivity contribution in [1.29, 1.82) is 0 Å². The van der Waals surface area contributed by atoms with E-state index in [9.17, 15) is 24.0 Å². The van der Waals surface area contributed by atoms with Crippen LogP contribution in [-0.4, -0.2) is 60.3 Å². The maximum atomic E-state index is 13.3. The van der Waals surface area contributed by atoms with Gasteiger partial charge in [0, 0.05) is 20.0 Å². The molecule has 0 spiro atoms. The molecule has 6 amide bonds. The number of rotatable bonds is 15. The minimum atomic E-state index is -0.922. The fourth-order valence-corrected chi connectivity index (χ4v) is 4.58. The molecular formula is C24H42N6O5. The molecule has 0 bridgehead atoms. The van der Waals surface area contributed by atoms with Crippen molar-refractivity contribution in [3.05, 3.63) is 12.7 Å². The molecule has 0 radical (unpaired) electrons. The first-order chi connectivity index (χ1) is 16.5. The highest BCUT2D eigenvalue weighted by molar-refractivity contribution is 6.04. The molecule has 1 rings (SSSR count). The summed E-state index contributed by atoms with van der Waals surface area (Å²) in [4.78, 5) is 62.5. The van der Waals surface area contributed by atoms with Gasteiger partial charge in [-0.1, -0.05) is 33.8 Å². The first-order valence-electron chi connectivity index (χ1n) is 12.3. The van der Waals surface area contributed by atoms with Crippen molar-refractivity contribution in [3.63, 3.8) is 0 Å². The molecule has 6 N–H and O–H groups in total. The van der Waals surface area contributed by atoms with Gasteiger partial charge in [-0.3, -0.25) is 19.2 Å². The molecule has 0 aliphatic carbocycles. The largest absolute Gasteiger partial charge is 0.357 e. The van der Waals surface area contributed by atoms with E-state index < -0.39 is 35.8 Å². The Kier molecular flexibility index (Phi) is 11.9. The summed E-state index contributed by atoms with van der Waals surface area (Å²) in [6, 6.07) is -2.45. The van der Waals surface area contributed by atoms with Crippen LogP contribution in [0.15, 0.2) is 12.7 Å². The zero-order valence-corrected chi connectivity index (χ0v) is 21.6. The minimum absolute atomic E-state index is 0.0709. The van der Waals surface area contributed by atoms with E-state index in [4.69, 9.17) is 5.73 Å². The Bertz CT molecular complexity index is 795. The van der Waals surface area contributed by atoms with E-state index in [1.807, 2.05) is 13.8 Å². The average Bonchev–Trinajstić information content (AvgIpc) is 3.10. The highest BCUT2D eigenvalue weighted by Crippen LogP contribution is 2.44. The Morgan fingerprint density at radius 3 is 2.31 bits per heavy atom. The summed E-state index contributed by atoms with van der Waals surface area (Å²) in [5, 5.41) is 8.63. The van der Waals surface area contributed by atoms with Crippen LogP contribution in [0.1, 0.15) is 66.2 Å². The number of carbonyl (C=O) groups is 5. The molecule has 198 valence electrons. The number of likely N-dealkylation sites (N-methyl/N-ethyl adjacent to an activating group) is 1. The third-order valence-corrected chi connectivity index (χ3v) is 6.91. The van der Waals surface area contributed by atoms with Gasteiger partial charge in [0.15, 0.2) is 0 Å². The lowest BCUT2D eigenvalue weighted by atomic mass is 9.68. The Morgan fingerprint density at radius 1 is 1.20 bits per heavy atom. The first-order valence-corrected chi connectivity index (χ1v) is 12.3. The minimum Gasteiger partial charge on any atom is -0.357 e. The summed E-state index contributed by atoms with van der Waals surface area (Å²) in [5.74, 6) is -2.42. The molecule has 1 fully saturated rings. The van der Waals surface area contributed by atoms with Crippen molar-refractivity contribution in [2.24, 2.45) is 23.0 Å². The number of carbonyl (C=O) groups excluding carboxylic acids is 5. The molecule has 0 aromatic heterocycles. The van der Waals surface area contributed by atoms with Crippen LogP contribution in [0.5, 0.6) is 0 Å². The summed E-state index contributed by atoms with van der Waals surface area (Å²) in [6.45, 7) is 11.6. The summed E-state index contributed by atoms with van der Waals surface area (Å²) in [7, 11) is 1.46. The van der Waals surface area contributed by atoms with Gasteiger partial charge < -0.3 is 21.7 Å². The van der Waals surface area contributed by atoms with E-state index in [-0.39, 0.29) is 42.5 Å². The van der Waals surface area contributed by atoms with Crippen molar-refractivity contribution >= 4 is 29.7 Å². The molecule has 1 unspecified atom stereocenters. The molecule has 11 heteroatoms. The van der Waals surface area contributed by atoms with E-state index in [2.05, 4.69) is 28.0 Å². The average molecular weight is 495 g/mol. The van der Waals surface area contributed by atoms with Crippen LogP contribution in [0.3, 0.4) is 0 Å². The molecule has 0 saturated carbocycles. The van der Waals surface area contributed by atoms with Gasteiger partial charge >= 0.3 is 6.03 Å². The van der Waals surface area contributed by atoms with Gasteiger partial charge in [-0.25, -0.2) is 15.2 Å². The number of nitrogens with zero attached hydrogens (tertiary/aromatic N) is 1. The number of hydrogen-bond donors (Lipinski definition) is 5. The van der Waals surface area contributed by atoms with Crippen molar-refractivity contribution in [3.8, 4) is 0 Å². The van der Waals surface area contributed by atoms with Gasteiger partial charge in [-0.15, -0.1) is 6.58 Å². The number of hydrazine groups is 1. The molecule has 3 atom stereocenters. The van der Waals surface area contributed by atoms with Crippen LogP contribution in [0, 0.1) is 17.3 Å². The molecule has 1 heterocycles. The van der Waals surface area contributed by atoms with E-state index in [0.717, 1.165) is 17.9 Å². The summed E-state index contributed by atoms with van der Waals surface area (Å²) >= 11 is 0. The van der Waals surface area contributed by atoms with E-state index in [1.165, 1.54) is 7.05 Å². The third kappa shape index (κ3) is 7.78. The standard InChI is InChI=1S/C24H42N6O5/c1-7-12-24(8-2,9-3)16-14-18(31)30(22(16)34)29-19(15(4)5)21(33)28-17(20(32)26-6)11-10-13-27-23(25)35/h7,15-17,19,29H,1,8-14H2,2-6H3,(H,26,32)(H,28,33)(H3,25,27,35)/t16?,17-,19-/m0/s1. The van der Waals surface area contributed by atoms with Crippen LogP contribution in [-0.2, 0) is 19.2 Å². The lowest BCUT2D eigenvalue weighted by Gasteiger charge is -2.35. The van der Waals surface area contributed by atoms with Crippen molar-refractivity contribution in [1.82, 2.24) is 26.4 Å². The van der Waals surface area contributed by atoms with E-state index >= 15 is 0 Å². The highest BCUT2D eigenvalue weighted by Gasteiger charge is 2.50. The van der Waals surface area contributed by atoms with Crippen LogP contribution < -0.4 is 27.1 Å². The summed E-state index contributed by atoms with van der Waals surface area (Å²) < 4.78 is 0. The maximum Gasteiger partial charge on any atom is 0.312 e. The SMILES string of the molecule is C=CCC(CC)(CC)C1CC(=O)N(N[C@H](C(=O)N[C@@H](CCCNC(N)=O)C(=O)NC)C(C)C)C1=O. The quantitative estimate of drug-likeness (QED) is 0.129. The van der Waals surface area contributed by atoms with Crippen molar-refractivity contribution in [2.45, 2.75) is 78.3 Å². The Balaban J connectivity index is 3.00. The predicted octanol–water partition coefficient (Wildman–Crippen LogP) is 0.953. The van der Waals surface area contributed by atoms with E-state index in [1.54, 1.807) is 19.9 Å². The molecule has 1 aliphatic heterocycles. The van der Waals surface area contributed by atoms with Crippen LogP contribution >= 0.6 is 0 Å². The van der Waals surface area contributed by atoms with Gasteiger partial charge in [0.1, 0.15) is 12.1 Å². The third-order valence-electron chi connectivity index (χ3n) is 6.91. The number of primary amides is 1. The number of urea groups is 1. The number of hydrogen-bond acceptors (Lipinski definition) is 6. The zero-order valence-electron chi connectivity index (χ0n) is 21.6. The smallest absolute Gasteiger partial charge is 0.312 e. The van der Waals surface area contributed by atoms with Gasteiger partial charge in [0.2, 0.25) is 23.6 Å². The number of nitrogens with one attached hydrogen (secondary N) is 4. The zero-order chi connectivity index (χ0) is 26.8. The molecular weight excluding hydrogens is 452 g/mol. The van der Waals surface area contributed by atoms with Gasteiger partial charge in [-0.05, 0) is 43.4 Å². The summed E-state index contributed by atoms with van der Waals surface area (Å²) in [6.07, 6.45) is 4.58. The Hall–Kier alpha value is -2.95. The van der Waals surface area contributed by atoms with Gasteiger partial charge in [-0.2, -0.15) is 0 Å². The number of nitrogens with two attached hydrogens (primary N) is 1. The normalized spacial score (nSPS) is 17.8. The molecule has 1 aliphatic rings. The van der Waals surface area contributed by atoms with Crippen LogP contribution in [0.2, 0.25) is 0 Å². The highest BCUT2D eigenvalue weighted by atomic mass is 16.2. The van der Waals surface area contributed by atoms with Gasteiger partial charge in [0.05, 0.1) is 5.92 Å². The lowest BCUT2D eigenvalue weighted by Crippen LogP contribution is -2.59. The predicted molar refractivity (Wildman–Crippen MR) is 132 cm³/mol. The fraction of sp³-hybridized carbons (Fsp3) is 0.708. The van der Waals surface area contributed by atoms with Crippen molar-refractivity contribution < 1.29 is 24.0 Å². The molecule has 11 nitrogen and oxygen atoms in total. The van der Waals surface area contributed by atoms with E-state index in [0.29, 0.717) is 12.8 Å². The molecule has 0 aromatic carbocycles. The Labute approximate surface area is 208 Å². The monoisotopic (exact) mass is 494 g/mol. The second-order valence-corrected chi connectivity index (χ2v) is 9.35. The van der Waals surface area contributed by atoms with Crippen LogP contribution in [0.25, 0.3) is 0 Å². The van der Waals surface area contributed by atoms with Crippen LogP contribution in [0.4, 0.5) is 4.79 Å². The summed E-state index contributed by atoms with van der Waals surface area (Å²) in [5.41, 5.74) is 7.52. The van der Waals surface area contributed by atoms with Crippen molar-refractivity contribution in [2.75, 3.05) is 13.6 Å². The molecule has 1 saturated heterocycles. The topological polar surface area (TPSA) is 163 Å². The number of allylic oxidation sites excluding steroid dienone is 1. The lowest BCUT2D eigenvalue weighted by molar-refractivity contribution is -0.147. The first kappa shape index (κ1) is 30.1. The van der Waals surface area contributed by atoms with Gasteiger partial charge in [0.25, 0.3) is 0 Å². The second-order valence-electron chi connectivity index (χ2n) is 9.35.